The Labute approximate surface area is 196 Å². The number of rotatable bonds is 6. The number of likely N-dealkylation sites (tertiary alicyclic amines) is 1. The van der Waals surface area contributed by atoms with E-state index in [2.05, 4.69) is 57.6 Å². The number of benzene rings is 1. The van der Waals surface area contributed by atoms with Crippen LogP contribution in [-0.4, -0.2) is 73.0 Å². The fourth-order valence-electron chi connectivity index (χ4n) is 4.48. The summed E-state index contributed by atoms with van der Waals surface area (Å²) in [5.74, 6) is 1.12. The van der Waals surface area contributed by atoms with Gasteiger partial charge in [-0.1, -0.05) is 36.4 Å². The molecule has 2 N–H and O–H groups in total. The van der Waals surface area contributed by atoms with Crippen molar-refractivity contribution in [3.05, 3.63) is 58.3 Å². The normalized spacial score (nSPS) is 22.4. The lowest BCUT2D eigenvalue weighted by Gasteiger charge is -2.35. The predicted octanol–water partition coefficient (Wildman–Crippen LogP) is 2.91. The van der Waals surface area contributed by atoms with Gasteiger partial charge in [0.1, 0.15) is 0 Å². The van der Waals surface area contributed by atoms with E-state index >= 15 is 0 Å². The molecule has 2 aliphatic rings. The molecular formula is C22H32Cl2N4OS. The van der Waals surface area contributed by atoms with Gasteiger partial charge in [-0.25, -0.2) is 0 Å². The summed E-state index contributed by atoms with van der Waals surface area (Å²) in [5, 5.41) is 2.13. The Balaban J connectivity index is 0.00000160. The Kier molecular flexibility index (Phi) is 10.1. The molecule has 0 saturated carbocycles. The van der Waals surface area contributed by atoms with E-state index in [-0.39, 0.29) is 30.7 Å². The largest absolute Gasteiger partial charge is 0.339 e. The van der Waals surface area contributed by atoms with E-state index < -0.39 is 0 Å². The first kappa shape index (κ1) is 25.1. The third-order valence-corrected chi connectivity index (χ3v) is 6.95. The number of amides is 1. The molecule has 3 heterocycles. The molecule has 5 nitrogen and oxygen atoms in total. The van der Waals surface area contributed by atoms with Crippen molar-refractivity contribution in [2.24, 2.45) is 11.7 Å². The zero-order chi connectivity index (χ0) is 19.3. The Bertz CT molecular complexity index is 754. The number of hydrogen-bond acceptors (Lipinski definition) is 5. The van der Waals surface area contributed by atoms with Crippen LogP contribution in [-0.2, 0) is 11.3 Å². The molecule has 30 heavy (non-hydrogen) atoms. The molecule has 2 saturated heterocycles. The quantitative estimate of drug-likeness (QED) is 0.704. The molecule has 0 aliphatic carbocycles. The van der Waals surface area contributed by atoms with E-state index in [9.17, 15) is 4.79 Å². The summed E-state index contributed by atoms with van der Waals surface area (Å²) >= 11 is 1.81. The van der Waals surface area contributed by atoms with Gasteiger partial charge in [0.05, 0.1) is 6.54 Å². The van der Waals surface area contributed by atoms with Gasteiger partial charge < -0.3 is 10.6 Å². The van der Waals surface area contributed by atoms with E-state index in [0.29, 0.717) is 24.9 Å². The van der Waals surface area contributed by atoms with Gasteiger partial charge in [-0.15, -0.1) is 36.2 Å². The Morgan fingerprint density at radius 3 is 2.33 bits per heavy atom. The Morgan fingerprint density at radius 2 is 1.70 bits per heavy atom. The zero-order valence-electron chi connectivity index (χ0n) is 17.2. The second kappa shape index (κ2) is 12.0. The SMILES string of the molecule is Cl.Cl.NC[C@@H]1CN(CC(=O)N2CCN(Cc3cccs3)CC2)C[C@H]1c1ccccc1. The second-order valence-corrected chi connectivity index (χ2v) is 8.98. The molecule has 166 valence electrons. The van der Waals surface area contributed by atoms with E-state index in [0.717, 1.165) is 45.8 Å². The highest BCUT2D eigenvalue weighted by Crippen LogP contribution is 2.31. The molecule has 2 atom stereocenters. The lowest BCUT2D eigenvalue weighted by molar-refractivity contribution is -0.134. The minimum Gasteiger partial charge on any atom is -0.339 e. The van der Waals surface area contributed by atoms with Gasteiger partial charge in [0, 0.05) is 56.6 Å². The molecule has 1 aromatic heterocycles. The molecule has 0 unspecified atom stereocenters. The van der Waals surface area contributed by atoms with Gasteiger partial charge in [-0.2, -0.15) is 0 Å². The molecule has 2 aromatic rings. The van der Waals surface area contributed by atoms with Crippen LogP contribution in [0.5, 0.6) is 0 Å². The van der Waals surface area contributed by atoms with Gasteiger partial charge in [0.25, 0.3) is 0 Å². The van der Waals surface area contributed by atoms with Crippen molar-refractivity contribution >= 4 is 42.1 Å². The summed E-state index contributed by atoms with van der Waals surface area (Å²) in [6.07, 6.45) is 0. The first-order valence-corrected chi connectivity index (χ1v) is 11.1. The maximum Gasteiger partial charge on any atom is 0.236 e. The van der Waals surface area contributed by atoms with Gasteiger partial charge in [-0.3, -0.25) is 14.6 Å². The number of halogens is 2. The number of nitrogens with two attached hydrogens (primary N) is 1. The van der Waals surface area contributed by atoms with Crippen molar-refractivity contribution in [2.45, 2.75) is 12.5 Å². The highest BCUT2D eigenvalue weighted by Gasteiger charge is 2.34. The summed E-state index contributed by atoms with van der Waals surface area (Å²) in [6, 6.07) is 14.9. The van der Waals surface area contributed by atoms with Crippen LogP contribution in [0.4, 0.5) is 0 Å². The highest BCUT2D eigenvalue weighted by molar-refractivity contribution is 7.09. The topological polar surface area (TPSA) is 52.8 Å². The molecule has 1 aromatic carbocycles. The predicted molar refractivity (Wildman–Crippen MR) is 129 cm³/mol. The first-order valence-electron chi connectivity index (χ1n) is 10.2. The van der Waals surface area contributed by atoms with E-state index in [4.69, 9.17) is 5.73 Å². The van der Waals surface area contributed by atoms with Crippen molar-refractivity contribution in [3.8, 4) is 0 Å². The van der Waals surface area contributed by atoms with Crippen molar-refractivity contribution in [1.29, 1.82) is 0 Å². The van der Waals surface area contributed by atoms with Crippen molar-refractivity contribution in [3.63, 3.8) is 0 Å². The second-order valence-electron chi connectivity index (χ2n) is 7.94. The fourth-order valence-corrected chi connectivity index (χ4v) is 5.22. The maximum absolute atomic E-state index is 12.9. The number of carbonyl (C=O) groups excluding carboxylic acids is 1. The van der Waals surface area contributed by atoms with Crippen molar-refractivity contribution < 1.29 is 4.79 Å². The smallest absolute Gasteiger partial charge is 0.236 e. The minimum absolute atomic E-state index is 0. The summed E-state index contributed by atoms with van der Waals surface area (Å²) < 4.78 is 0. The summed E-state index contributed by atoms with van der Waals surface area (Å²) in [7, 11) is 0. The summed E-state index contributed by atoms with van der Waals surface area (Å²) in [4.78, 5) is 21.0. The Hall–Kier alpha value is -1.15. The number of piperazine rings is 1. The van der Waals surface area contributed by atoms with E-state index in [1.54, 1.807) is 11.3 Å². The van der Waals surface area contributed by atoms with Gasteiger partial charge in [0.2, 0.25) is 5.91 Å². The van der Waals surface area contributed by atoms with Gasteiger partial charge in [-0.05, 0) is 29.5 Å². The van der Waals surface area contributed by atoms with Gasteiger partial charge in [0.15, 0.2) is 0 Å². The monoisotopic (exact) mass is 470 g/mol. The first-order chi connectivity index (χ1) is 13.7. The van der Waals surface area contributed by atoms with Crippen LogP contribution < -0.4 is 5.73 Å². The number of carbonyl (C=O) groups is 1. The molecule has 4 rings (SSSR count). The average molecular weight is 471 g/mol. The highest BCUT2D eigenvalue weighted by atomic mass is 35.5. The average Bonchev–Trinajstić information content (AvgIpc) is 3.39. The third-order valence-electron chi connectivity index (χ3n) is 6.09. The fraction of sp³-hybridized carbons (Fsp3) is 0.500. The van der Waals surface area contributed by atoms with Crippen LogP contribution in [0.15, 0.2) is 47.8 Å². The lowest BCUT2D eigenvalue weighted by Crippen LogP contribution is -2.50. The number of thiophene rings is 1. The zero-order valence-corrected chi connectivity index (χ0v) is 19.6. The molecular weight excluding hydrogens is 439 g/mol. The lowest BCUT2D eigenvalue weighted by atomic mass is 9.89. The van der Waals surface area contributed by atoms with Crippen molar-refractivity contribution in [2.75, 3.05) is 52.4 Å². The van der Waals surface area contributed by atoms with Crippen LogP contribution in [0.25, 0.3) is 0 Å². The van der Waals surface area contributed by atoms with Crippen LogP contribution in [0.2, 0.25) is 0 Å². The summed E-state index contributed by atoms with van der Waals surface area (Å²) in [6.45, 7) is 7.62. The molecule has 2 fully saturated rings. The maximum atomic E-state index is 12.9. The van der Waals surface area contributed by atoms with E-state index in [1.807, 2.05) is 4.90 Å². The number of nitrogens with zero attached hydrogens (tertiary/aromatic N) is 3. The van der Waals surface area contributed by atoms with Crippen LogP contribution in [0, 0.1) is 5.92 Å². The van der Waals surface area contributed by atoms with Crippen LogP contribution >= 0.6 is 36.2 Å². The molecule has 2 aliphatic heterocycles. The summed E-state index contributed by atoms with van der Waals surface area (Å²) in [5.41, 5.74) is 7.38. The molecule has 1 amide bonds. The van der Waals surface area contributed by atoms with Gasteiger partial charge >= 0.3 is 0 Å². The molecule has 0 bridgehead atoms. The van der Waals surface area contributed by atoms with Crippen LogP contribution in [0.3, 0.4) is 0 Å². The number of hydrogen-bond donors (Lipinski definition) is 1. The molecule has 8 heteroatoms. The van der Waals surface area contributed by atoms with Crippen molar-refractivity contribution in [1.82, 2.24) is 14.7 Å². The van der Waals surface area contributed by atoms with Crippen LogP contribution in [0.1, 0.15) is 16.4 Å². The van der Waals surface area contributed by atoms with E-state index in [1.165, 1.54) is 10.4 Å². The molecule has 0 radical (unpaired) electrons. The third kappa shape index (κ3) is 6.19. The minimum atomic E-state index is 0. The Morgan fingerprint density at radius 1 is 0.967 bits per heavy atom. The molecule has 0 spiro atoms. The standard InChI is InChI=1S/C22H30N4OS.2ClH/c23-13-19-14-25(16-21(19)18-5-2-1-3-6-18)17-22(27)26-10-8-24(9-11-26)15-20-7-4-12-28-20;;/h1-7,12,19,21H,8-11,13-17,23H2;2*1H/t19-,21+;;/m1../s1.